The molecule has 0 aromatic rings. The Morgan fingerprint density at radius 3 is 1.71 bits per heavy atom. The first-order chi connectivity index (χ1) is 13.2. The zero-order valence-corrected chi connectivity index (χ0v) is 18.8. The van der Waals surface area contributed by atoms with Crippen LogP contribution in [-0.2, 0) is 9.59 Å². The molecule has 0 bridgehead atoms. The van der Waals surface area contributed by atoms with Crippen molar-refractivity contribution in [2.45, 2.75) is 118 Å². The van der Waals surface area contributed by atoms with Gasteiger partial charge in [0.05, 0.1) is 10.8 Å². The van der Waals surface area contributed by atoms with Crippen LogP contribution in [0.5, 0.6) is 0 Å². The highest BCUT2D eigenvalue weighted by atomic mass is 16.4. The van der Waals surface area contributed by atoms with Crippen LogP contribution in [0.2, 0.25) is 0 Å². The first-order valence-corrected chi connectivity index (χ1v) is 11.7. The molecular weight excluding hydrogens is 352 g/mol. The van der Waals surface area contributed by atoms with E-state index >= 15 is 0 Å². The molecule has 1 fully saturated rings. The molecule has 0 spiro atoms. The molecule has 0 heterocycles. The van der Waals surface area contributed by atoms with Gasteiger partial charge in [0.1, 0.15) is 0 Å². The molecule has 1 saturated carbocycles. The van der Waals surface area contributed by atoms with Gasteiger partial charge in [-0.2, -0.15) is 0 Å². The lowest BCUT2D eigenvalue weighted by Crippen LogP contribution is -2.57. The van der Waals surface area contributed by atoms with Crippen molar-refractivity contribution in [2.24, 2.45) is 22.7 Å². The highest BCUT2D eigenvalue weighted by molar-refractivity contribution is 5.87. The third-order valence-electron chi connectivity index (χ3n) is 7.19. The van der Waals surface area contributed by atoms with Crippen LogP contribution >= 0.6 is 0 Å². The summed E-state index contributed by atoms with van der Waals surface area (Å²) < 4.78 is 0. The fourth-order valence-electron chi connectivity index (χ4n) is 5.49. The van der Waals surface area contributed by atoms with E-state index in [9.17, 15) is 19.8 Å². The van der Waals surface area contributed by atoms with Crippen molar-refractivity contribution in [1.29, 1.82) is 0 Å². The smallest absolute Gasteiger partial charge is 0.311 e. The third-order valence-corrected chi connectivity index (χ3v) is 7.19. The van der Waals surface area contributed by atoms with Crippen LogP contribution in [-0.4, -0.2) is 22.2 Å². The maximum atomic E-state index is 12.4. The minimum Gasteiger partial charge on any atom is -0.481 e. The van der Waals surface area contributed by atoms with E-state index in [-0.39, 0.29) is 5.92 Å². The minimum atomic E-state index is -1.13. The first kappa shape index (κ1) is 25.0. The monoisotopic (exact) mass is 396 g/mol. The van der Waals surface area contributed by atoms with Crippen LogP contribution in [0.1, 0.15) is 118 Å². The summed E-state index contributed by atoms with van der Waals surface area (Å²) in [6.45, 7) is 8.32. The lowest BCUT2D eigenvalue weighted by Gasteiger charge is -2.51. The number of carboxylic acid groups (broad SMARTS) is 2. The van der Waals surface area contributed by atoms with Gasteiger partial charge in [-0.3, -0.25) is 9.59 Å². The Bertz CT molecular complexity index is 485. The Morgan fingerprint density at radius 1 is 0.750 bits per heavy atom. The van der Waals surface area contributed by atoms with Gasteiger partial charge in [0.15, 0.2) is 0 Å². The van der Waals surface area contributed by atoms with Crippen molar-refractivity contribution >= 4 is 11.9 Å². The lowest BCUT2D eigenvalue weighted by atomic mass is 9.50. The van der Waals surface area contributed by atoms with Gasteiger partial charge in [-0.25, -0.2) is 0 Å². The normalized spacial score (nSPS) is 25.4. The fraction of sp³-hybridized carbons (Fsp3) is 0.917. The van der Waals surface area contributed by atoms with Crippen molar-refractivity contribution in [3.8, 4) is 0 Å². The molecule has 1 rings (SSSR count). The number of carbonyl (C=O) groups is 2. The van der Waals surface area contributed by atoms with Crippen molar-refractivity contribution in [3.05, 3.63) is 0 Å². The van der Waals surface area contributed by atoms with Crippen molar-refractivity contribution in [1.82, 2.24) is 0 Å². The lowest BCUT2D eigenvalue weighted by molar-refractivity contribution is -0.187. The second kappa shape index (κ2) is 11.8. The number of hydrogen-bond acceptors (Lipinski definition) is 2. The summed E-state index contributed by atoms with van der Waals surface area (Å²) in [5.41, 5.74) is -2.24. The Kier molecular flexibility index (Phi) is 10.5. The number of rotatable bonds is 14. The van der Waals surface area contributed by atoms with E-state index in [0.717, 1.165) is 38.0 Å². The van der Waals surface area contributed by atoms with E-state index in [1.807, 2.05) is 13.8 Å². The molecule has 1 aliphatic rings. The molecule has 0 saturated heterocycles. The van der Waals surface area contributed by atoms with Gasteiger partial charge in [-0.05, 0) is 31.1 Å². The average molecular weight is 397 g/mol. The van der Waals surface area contributed by atoms with E-state index in [0.29, 0.717) is 19.3 Å². The van der Waals surface area contributed by atoms with Crippen LogP contribution in [0.15, 0.2) is 0 Å². The third kappa shape index (κ3) is 5.97. The van der Waals surface area contributed by atoms with Gasteiger partial charge in [0, 0.05) is 0 Å². The minimum absolute atomic E-state index is 0.174. The molecular formula is C24H44O4. The van der Waals surface area contributed by atoms with Crippen LogP contribution in [0.3, 0.4) is 0 Å². The Hall–Kier alpha value is -1.06. The first-order valence-electron chi connectivity index (χ1n) is 11.7. The Labute approximate surface area is 172 Å². The summed E-state index contributed by atoms with van der Waals surface area (Å²) in [5, 5.41) is 20.2. The Balaban J connectivity index is 2.51. The quantitative estimate of drug-likeness (QED) is 0.313. The van der Waals surface area contributed by atoms with Gasteiger partial charge >= 0.3 is 11.9 Å². The SMILES string of the molecule is CC(C)CCCCCCCCCCC1(C(=O)O)CCCCC1(C(=O)O)C(C)C. The zero-order chi connectivity index (χ0) is 21.2. The molecule has 4 heteroatoms. The largest absolute Gasteiger partial charge is 0.481 e. The molecule has 28 heavy (non-hydrogen) atoms. The number of hydrogen-bond donors (Lipinski definition) is 2. The highest BCUT2D eigenvalue weighted by Crippen LogP contribution is 2.58. The molecule has 2 N–H and O–H groups in total. The molecule has 4 nitrogen and oxygen atoms in total. The van der Waals surface area contributed by atoms with Crippen molar-refractivity contribution in [3.63, 3.8) is 0 Å². The van der Waals surface area contributed by atoms with Crippen LogP contribution in [0.25, 0.3) is 0 Å². The van der Waals surface area contributed by atoms with Gasteiger partial charge in [-0.15, -0.1) is 0 Å². The topological polar surface area (TPSA) is 74.6 Å². The standard InChI is InChI=1S/C24H44O4/c1-19(2)15-11-9-7-5-6-8-10-12-16-23(21(25)26)17-13-14-18-24(23,20(3)4)22(27)28/h19-20H,5-18H2,1-4H3,(H,25,26)(H,27,28). The molecule has 0 aliphatic heterocycles. The van der Waals surface area contributed by atoms with E-state index in [1.54, 1.807) is 0 Å². The average Bonchev–Trinajstić information content (AvgIpc) is 2.62. The van der Waals surface area contributed by atoms with Crippen LogP contribution in [0.4, 0.5) is 0 Å². The molecule has 0 radical (unpaired) electrons. The number of unbranched alkanes of at least 4 members (excludes halogenated alkanes) is 7. The van der Waals surface area contributed by atoms with Gasteiger partial charge in [-0.1, -0.05) is 98.3 Å². The van der Waals surface area contributed by atoms with Gasteiger partial charge in [0.25, 0.3) is 0 Å². The fourth-order valence-corrected chi connectivity index (χ4v) is 5.49. The van der Waals surface area contributed by atoms with Crippen LogP contribution in [0, 0.1) is 22.7 Å². The van der Waals surface area contributed by atoms with Crippen molar-refractivity contribution in [2.75, 3.05) is 0 Å². The number of carboxylic acids is 2. The molecule has 2 unspecified atom stereocenters. The maximum absolute atomic E-state index is 12.4. The van der Waals surface area contributed by atoms with Crippen LogP contribution < -0.4 is 0 Å². The molecule has 2 atom stereocenters. The van der Waals surface area contributed by atoms with E-state index < -0.39 is 22.8 Å². The van der Waals surface area contributed by atoms with E-state index in [4.69, 9.17) is 0 Å². The molecule has 0 aromatic carbocycles. The van der Waals surface area contributed by atoms with Crippen molar-refractivity contribution < 1.29 is 19.8 Å². The summed E-state index contributed by atoms with van der Waals surface area (Å²) in [5.74, 6) is -1.18. The summed E-state index contributed by atoms with van der Waals surface area (Å²) in [7, 11) is 0. The molecule has 1 aliphatic carbocycles. The molecule has 0 amide bonds. The Morgan fingerprint density at radius 2 is 1.25 bits per heavy atom. The van der Waals surface area contributed by atoms with E-state index in [1.165, 1.54) is 38.5 Å². The number of aliphatic carboxylic acids is 2. The highest BCUT2D eigenvalue weighted by Gasteiger charge is 2.63. The summed E-state index contributed by atoms with van der Waals surface area (Å²) in [4.78, 5) is 24.6. The van der Waals surface area contributed by atoms with Gasteiger partial charge < -0.3 is 10.2 Å². The second-order valence-electron chi connectivity index (χ2n) is 9.79. The molecule has 164 valence electrons. The predicted molar refractivity (Wildman–Crippen MR) is 114 cm³/mol. The second-order valence-corrected chi connectivity index (χ2v) is 9.79. The molecule has 0 aromatic heterocycles. The summed E-state index contributed by atoms with van der Waals surface area (Å²) in [6, 6.07) is 0. The predicted octanol–water partition coefficient (Wildman–Crippen LogP) is 6.92. The summed E-state index contributed by atoms with van der Waals surface area (Å²) in [6.07, 6.45) is 13.8. The zero-order valence-electron chi connectivity index (χ0n) is 18.8. The summed E-state index contributed by atoms with van der Waals surface area (Å²) >= 11 is 0. The maximum Gasteiger partial charge on any atom is 0.311 e. The van der Waals surface area contributed by atoms with Gasteiger partial charge in [0.2, 0.25) is 0 Å². The van der Waals surface area contributed by atoms with E-state index in [2.05, 4.69) is 13.8 Å².